The maximum atomic E-state index is 12.9. The minimum atomic E-state index is -0.664. The molecule has 21 heavy (non-hydrogen) atoms. The van der Waals surface area contributed by atoms with Crippen molar-refractivity contribution in [1.82, 2.24) is 10.3 Å². The van der Waals surface area contributed by atoms with Gasteiger partial charge in [-0.2, -0.15) is 0 Å². The van der Waals surface area contributed by atoms with Crippen molar-refractivity contribution >= 4 is 5.97 Å². The molecule has 0 bridgehead atoms. The maximum absolute atomic E-state index is 12.9. The van der Waals surface area contributed by atoms with Crippen molar-refractivity contribution in [1.29, 1.82) is 0 Å². The van der Waals surface area contributed by atoms with Crippen molar-refractivity contribution in [2.75, 3.05) is 6.54 Å². The highest BCUT2D eigenvalue weighted by molar-refractivity contribution is 5.69. The number of nitrogens with one attached hydrogen (secondary N) is 1. The Morgan fingerprint density at radius 2 is 2.14 bits per heavy atom. The van der Waals surface area contributed by atoms with Crippen LogP contribution in [0.3, 0.4) is 0 Å². The first kappa shape index (κ1) is 15.9. The summed E-state index contributed by atoms with van der Waals surface area (Å²) in [5, 5.41) is 12.5. The zero-order valence-electron chi connectivity index (χ0n) is 12.4. The third kappa shape index (κ3) is 4.49. The van der Waals surface area contributed by atoms with Gasteiger partial charge in [-0.15, -0.1) is 0 Å². The van der Waals surface area contributed by atoms with E-state index in [1.807, 2.05) is 0 Å². The smallest absolute Gasteiger partial charge is 0.306 e. The highest BCUT2D eigenvalue weighted by atomic mass is 19.1. The van der Waals surface area contributed by atoms with E-state index >= 15 is 0 Å². The molecule has 1 saturated carbocycles. The van der Waals surface area contributed by atoms with Gasteiger partial charge in [0.05, 0.1) is 17.8 Å². The molecule has 5 heteroatoms. The third-order valence-electron chi connectivity index (χ3n) is 4.36. The minimum absolute atomic E-state index is 0.128. The number of carboxylic acid groups (broad SMARTS) is 1. The summed E-state index contributed by atoms with van der Waals surface area (Å²) in [6.45, 7) is 2.94. The first-order valence-corrected chi connectivity index (χ1v) is 7.67. The predicted octanol–water partition coefficient (Wildman–Crippen LogP) is 3.15. The summed E-state index contributed by atoms with van der Waals surface area (Å²) in [6, 6.07) is 3.28. The summed E-state index contributed by atoms with van der Waals surface area (Å²) in [6.07, 6.45) is 5.59. The molecule has 1 aromatic rings. The van der Waals surface area contributed by atoms with E-state index in [-0.39, 0.29) is 17.8 Å². The molecule has 0 radical (unpaired) electrons. The lowest BCUT2D eigenvalue weighted by Crippen LogP contribution is -2.31. The monoisotopic (exact) mass is 294 g/mol. The molecular weight excluding hydrogens is 271 g/mol. The van der Waals surface area contributed by atoms with Crippen molar-refractivity contribution in [3.63, 3.8) is 0 Å². The largest absolute Gasteiger partial charge is 0.481 e. The summed E-state index contributed by atoms with van der Waals surface area (Å²) in [5.74, 6) is -0.624. The summed E-state index contributed by atoms with van der Waals surface area (Å²) in [4.78, 5) is 15.1. The summed E-state index contributed by atoms with van der Waals surface area (Å²) in [7, 11) is 0. The zero-order chi connectivity index (χ0) is 15.2. The van der Waals surface area contributed by atoms with Crippen LogP contribution in [0.1, 0.15) is 50.8 Å². The normalized spacial score (nSPS) is 23.7. The fourth-order valence-electron chi connectivity index (χ4n) is 2.97. The fourth-order valence-corrected chi connectivity index (χ4v) is 2.97. The van der Waals surface area contributed by atoms with E-state index in [1.165, 1.54) is 12.3 Å². The molecule has 0 aromatic carbocycles. The van der Waals surface area contributed by atoms with Crippen molar-refractivity contribution in [3.05, 3.63) is 29.8 Å². The molecule has 1 aliphatic carbocycles. The molecule has 1 unspecified atom stereocenters. The van der Waals surface area contributed by atoms with E-state index in [2.05, 4.69) is 17.2 Å². The molecule has 0 spiro atoms. The Kier molecular flexibility index (Phi) is 5.67. The van der Waals surface area contributed by atoms with E-state index in [0.717, 1.165) is 44.3 Å². The van der Waals surface area contributed by atoms with E-state index in [4.69, 9.17) is 5.11 Å². The molecule has 0 saturated heterocycles. The van der Waals surface area contributed by atoms with Crippen LogP contribution in [-0.2, 0) is 4.79 Å². The average molecular weight is 294 g/mol. The first-order chi connectivity index (χ1) is 10.1. The lowest BCUT2D eigenvalue weighted by atomic mass is 9.82. The number of aromatic nitrogens is 1. The number of rotatable bonds is 6. The Bertz CT molecular complexity index is 456. The van der Waals surface area contributed by atoms with Gasteiger partial charge in [0.2, 0.25) is 0 Å². The number of carbonyl (C=O) groups is 1. The van der Waals surface area contributed by atoms with Crippen LogP contribution in [0, 0.1) is 17.7 Å². The van der Waals surface area contributed by atoms with E-state index in [1.54, 1.807) is 6.07 Å². The maximum Gasteiger partial charge on any atom is 0.306 e. The number of pyridine rings is 1. The number of aliphatic carboxylic acids is 1. The van der Waals surface area contributed by atoms with Gasteiger partial charge < -0.3 is 10.4 Å². The molecule has 1 aliphatic rings. The molecule has 0 amide bonds. The second-order valence-corrected chi connectivity index (χ2v) is 5.83. The summed E-state index contributed by atoms with van der Waals surface area (Å²) in [5.41, 5.74) is 0.859. The minimum Gasteiger partial charge on any atom is -0.481 e. The van der Waals surface area contributed by atoms with E-state index in [0.29, 0.717) is 5.92 Å². The van der Waals surface area contributed by atoms with Gasteiger partial charge in [-0.3, -0.25) is 9.78 Å². The van der Waals surface area contributed by atoms with Gasteiger partial charge in [-0.05, 0) is 56.7 Å². The molecule has 1 heterocycles. The van der Waals surface area contributed by atoms with Crippen molar-refractivity contribution in [2.45, 2.75) is 45.1 Å². The molecule has 4 nitrogen and oxygen atoms in total. The highest BCUT2D eigenvalue weighted by Crippen LogP contribution is 2.29. The van der Waals surface area contributed by atoms with Crippen LogP contribution >= 0.6 is 0 Å². The van der Waals surface area contributed by atoms with Gasteiger partial charge in [0.25, 0.3) is 0 Å². The van der Waals surface area contributed by atoms with Gasteiger partial charge in [-0.1, -0.05) is 6.92 Å². The molecule has 1 aromatic heterocycles. The number of halogens is 1. The standard InChI is InChI=1S/C16H23FN2O2/c1-2-14(15-8-7-13(17)10-19-15)18-9-11-3-5-12(6-4-11)16(20)21/h7-8,10-12,14,18H,2-6,9H2,1H3,(H,20,21). The summed E-state index contributed by atoms with van der Waals surface area (Å²) < 4.78 is 12.9. The number of hydrogen-bond acceptors (Lipinski definition) is 3. The average Bonchev–Trinajstić information content (AvgIpc) is 2.50. The van der Waals surface area contributed by atoms with Crippen molar-refractivity contribution < 1.29 is 14.3 Å². The number of nitrogens with zero attached hydrogens (tertiary/aromatic N) is 1. The Morgan fingerprint density at radius 3 is 2.67 bits per heavy atom. The van der Waals surface area contributed by atoms with Crippen LogP contribution in [0.25, 0.3) is 0 Å². The quantitative estimate of drug-likeness (QED) is 0.846. The van der Waals surface area contributed by atoms with Crippen LogP contribution in [0.15, 0.2) is 18.3 Å². The molecule has 1 fully saturated rings. The lowest BCUT2D eigenvalue weighted by molar-refractivity contribution is -0.143. The van der Waals surface area contributed by atoms with Crippen LogP contribution in [0.5, 0.6) is 0 Å². The highest BCUT2D eigenvalue weighted by Gasteiger charge is 2.26. The first-order valence-electron chi connectivity index (χ1n) is 7.67. The van der Waals surface area contributed by atoms with Gasteiger partial charge in [0.15, 0.2) is 0 Å². The van der Waals surface area contributed by atoms with Crippen LogP contribution in [0.4, 0.5) is 4.39 Å². The van der Waals surface area contributed by atoms with Gasteiger partial charge in [-0.25, -0.2) is 4.39 Å². The Hall–Kier alpha value is -1.49. The molecule has 1 atom stereocenters. The van der Waals surface area contributed by atoms with Crippen molar-refractivity contribution in [3.8, 4) is 0 Å². The second kappa shape index (κ2) is 7.50. The second-order valence-electron chi connectivity index (χ2n) is 5.83. The molecule has 2 N–H and O–H groups in total. The van der Waals surface area contributed by atoms with E-state index < -0.39 is 5.97 Å². The molecular formula is C16H23FN2O2. The summed E-state index contributed by atoms with van der Waals surface area (Å²) >= 11 is 0. The van der Waals surface area contributed by atoms with Gasteiger partial charge in [0.1, 0.15) is 5.82 Å². The van der Waals surface area contributed by atoms with E-state index in [9.17, 15) is 9.18 Å². The fraction of sp³-hybridized carbons (Fsp3) is 0.625. The molecule has 116 valence electrons. The van der Waals surface area contributed by atoms with Crippen LogP contribution in [0.2, 0.25) is 0 Å². The van der Waals surface area contributed by atoms with Gasteiger partial charge in [0, 0.05) is 6.04 Å². The molecule has 2 rings (SSSR count). The topological polar surface area (TPSA) is 62.2 Å². The van der Waals surface area contributed by atoms with Crippen LogP contribution in [-0.4, -0.2) is 22.6 Å². The number of carboxylic acids is 1. The Balaban J connectivity index is 1.81. The lowest BCUT2D eigenvalue weighted by Gasteiger charge is -2.28. The van der Waals surface area contributed by atoms with Crippen LogP contribution < -0.4 is 5.32 Å². The van der Waals surface area contributed by atoms with Gasteiger partial charge >= 0.3 is 5.97 Å². The zero-order valence-corrected chi connectivity index (χ0v) is 12.4. The van der Waals surface area contributed by atoms with Crippen molar-refractivity contribution in [2.24, 2.45) is 11.8 Å². The SMILES string of the molecule is CCC(NCC1CCC(C(=O)O)CC1)c1ccc(F)cn1. The Labute approximate surface area is 124 Å². The molecule has 0 aliphatic heterocycles. The third-order valence-corrected chi connectivity index (χ3v) is 4.36. The Morgan fingerprint density at radius 1 is 1.43 bits per heavy atom. The number of hydrogen-bond donors (Lipinski definition) is 2. The predicted molar refractivity (Wildman–Crippen MR) is 78.3 cm³/mol.